The summed E-state index contributed by atoms with van der Waals surface area (Å²) in [7, 11) is -1.56. The largest absolute Gasteiger partial charge is 0.373 e. The van der Waals surface area contributed by atoms with Gasteiger partial charge in [0.2, 0.25) is 7.58 Å². The standard InChI is InChI=1S/C12H25O3PS/c1-3-12(9-14-16(13)17)15-10(2)11-7-5-4-6-8-11/h10-13,17H,3-9H2,1-2H3. The molecule has 17 heavy (non-hydrogen) atoms. The van der Waals surface area contributed by atoms with Gasteiger partial charge in [-0.2, -0.15) is 0 Å². The average molecular weight is 280 g/mol. The maximum absolute atomic E-state index is 9.03. The van der Waals surface area contributed by atoms with E-state index in [1.807, 2.05) is 0 Å². The van der Waals surface area contributed by atoms with E-state index in [1.165, 1.54) is 32.1 Å². The Hall–Kier alpha value is 0.660. The molecule has 0 radical (unpaired) electrons. The molecule has 1 N–H and O–H groups in total. The molecule has 3 unspecified atom stereocenters. The zero-order valence-electron chi connectivity index (χ0n) is 10.8. The van der Waals surface area contributed by atoms with Gasteiger partial charge in [-0.15, -0.1) is 0 Å². The highest BCUT2D eigenvalue weighted by atomic mass is 32.7. The quantitative estimate of drug-likeness (QED) is 0.548. The van der Waals surface area contributed by atoms with Crippen LogP contribution in [-0.4, -0.2) is 23.7 Å². The summed E-state index contributed by atoms with van der Waals surface area (Å²) in [5.74, 6) is 0.699. The Morgan fingerprint density at radius 2 is 2.00 bits per heavy atom. The third-order valence-electron chi connectivity index (χ3n) is 3.55. The first-order valence-electron chi connectivity index (χ1n) is 6.59. The second-order valence-corrected chi connectivity index (χ2v) is 6.61. The van der Waals surface area contributed by atoms with E-state index < -0.39 is 7.58 Å². The van der Waals surface area contributed by atoms with Crippen LogP contribution < -0.4 is 0 Å². The highest BCUT2D eigenvalue weighted by Gasteiger charge is 2.23. The van der Waals surface area contributed by atoms with Crippen LogP contribution in [0.5, 0.6) is 0 Å². The van der Waals surface area contributed by atoms with Crippen molar-refractivity contribution >= 4 is 19.8 Å². The van der Waals surface area contributed by atoms with Gasteiger partial charge in [0.15, 0.2) is 0 Å². The minimum atomic E-state index is -1.56. The van der Waals surface area contributed by atoms with Gasteiger partial charge in [-0.25, -0.2) is 0 Å². The molecule has 1 aliphatic carbocycles. The summed E-state index contributed by atoms with van der Waals surface area (Å²) in [6, 6.07) is 0. The Morgan fingerprint density at radius 1 is 1.35 bits per heavy atom. The fraction of sp³-hybridized carbons (Fsp3) is 1.00. The lowest BCUT2D eigenvalue weighted by Crippen LogP contribution is -2.30. The second-order valence-electron chi connectivity index (χ2n) is 4.82. The molecular formula is C12H25O3PS. The summed E-state index contributed by atoms with van der Waals surface area (Å²) >= 11 is 3.85. The van der Waals surface area contributed by atoms with Crippen molar-refractivity contribution in [3.8, 4) is 0 Å². The summed E-state index contributed by atoms with van der Waals surface area (Å²) in [5, 5.41) is 0. The van der Waals surface area contributed by atoms with Gasteiger partial charge in [-0.1, -0.05) is 38.4 Å². The first-order chi connectivity index (χ1) is 8.13. The molecule has 1 aliphatic rings. The number of hydrogen-bond acceptors (Lipinski definition) is 4. The van der Waals surface area contributed by atoms with E-state index in [4.69, 9.17) is 14.2 Å². The van der Waals surface area contributed by atoms with Gasteiger partial charge in [0.25, 0.3) is 0 Å². The smallest absolute Gasteiger partial charge is 0.232 e. The van der Waals surface area contributed by atoms with E-state index in [0.717, 1.165) is 6.42 Å². The summed E-state index contributed by atoms with van der Waals surface area (Å²) in [6.07, 6.45) is 7.92. The Balaban J connectivity index is 2.27. The van der Waals surface area contributed by atoms with Crippen molar-refractivity contribution in [1.82, 2.24) is 0 Å². The molecule has 1 rings (SSSR count). The molecule has 1 saturated carbocycles. The number of thiol groups is 1. The van der Waals surface area contributed by atoms with Crippen LogP contribution in [0.4, 0.5) is 0 Å². The van der Waals surface area contributed by atoms with Crippen molar-refractivity contribution < 1.29 is 14.2 Å². The maximum atomic E-state index is 9.03. The zero-order chi connectivity index (χ0) is 12.7. The van der Waals surface area contributed by atoms with E-state index in [0.29, 0.717) is 18.6 Å². The molecule has 0 aromatic rings. The van der Waals surface area contributed by atoms with Crippen LogP contribution in [0.1, 0.15) is 52.4 Å². The minimum absolute atomic E-state index is 0.0798. The molecule has 0 amide bonds. The molecule has 102 valence electrons. The van der Waals surface area contributed by atoms with Crippen LogP contribution in [0.2, 0.25) is 0 Å². The monoisotopic (exact) mass is 280 g/mol. The Morgan fingerprint density at radius 3 is 2.53 bits per heavy atom. The third-order valence-corrected chi connectivity index (χ3v) is 4.28. The highest BCUT2D eigenvalue weighted by molar-refractivity contribution is 8.41. The van der Waals surface area contributed by atoms with E-state index >= 15 is 0 Å². The van der Waals surface area contributed by atoms with Gasteiger partial charge in [0.05, 0.1) is 18.8 Å². The first-order valence-corrected chi connectivity index (χ1v) is 8.96. The Kier molecular flexibility index (Phi) is 8.05. The molecule has 0 aromatic carbocycles. The molecule has 0 aliphatic heterocycles. The molecule has 0 saturated heterocycles. The van der Waals surface area contributed by atoms with Crippen LogP contribution >= 0.6 is 19.8 Å². The van der Waals surface area contributed by atoms with Crippen LogP contribution in [0.25, 0.3) is 0 Å². The Labute approximate surface area is 111 Å². The van der Waals surface area contributed by atoms with Crippen LogP contribution in [0, 0.1) is 5.92 Å². The minimum Gasteiger partial charge on any atom is -0.373 e. The first kappa shape index (κ1) is 15.7. The molecule has 1 fully saturated rings. The van der Waals surface area contributed by atoms with Crippen molar-refractivity contribution in [3.05, 3.63) is 0 Å². The molecule has 0 aromatic heterocycles. The Bertz CT molecular complexity index is 198. The van der Waals surface area contributed by atoms with Crippen molar-refractivity contribution in [1.29, 1.82) is 0 Å². The molecule has 0 heterocycles. The third kappa shape index (κ3) is 6.40. The van der Waals surface area contributed by atoms with Crippen molar-refractivity contribution in [2.24, 2.45) is 5.92 Å². The van der Waals surface area contributed by atoms with Crippen LogP contribution in [0.15, 0.2) is 0 Å². The second kappa shape index (κ2) is 8.71. The predicted molar refractivity (Wildman–Crippen MR) is 75.3 cm³/mol. The molecular weight excluding hydrogens is 255 g/mol. The maximum Gasteiger partial charge on any atom is 0.232 e. The van der Waals surface area contributed by atoms with Gasteiger partial charge in [0, 0.05) is 0 Å². The molecule has 0 spiro atoms. The predicted octanol–water partition coefficient (Wildman–Crippen LogP) is 3.92. The summed E-state index contributed by atoms with van der Waals surface area (Å²) in [4.78, 5) is 9.03. The van der Waals surface area contributed by atoms with E-state index in [9.17, 15) is 0 Å². The molecule has 0 bridgehead atoms. The lowest BCUT2D eigenvalue weighted by atomic mass is 9.86. The SMILES string of the molecule is CCC(COP(O)S)OC(C)C1CCCCC1. The zero-order valence-corrected chi connectivity index (χ0v) is 12.6. The van der Waals surface area contributed by atoms with Crippen molar-refractivity contribution in [2.45, 2.75) is 64.6 Å². The lowest BCUT2D eigenvalue weighted by Gasteiger charge is -2.30. The summed E-state index contributed by atoms with van der Waals surface area (Å²) in [6.45, 7) is 4.69. The highest BCUT2D eigenvalue weighted by Crippen LogP contribution is 2.36. The van der Waals surface area contributed by atoms with Gasteiger partial charge < -0.3 is 14.2 Å². The van der Waals surface area contributed by atoms with Gasteiger partial charge >= 0.3 is 0 Å². The normalized spacial score (nSPS) is 23.3. The topological polar surface area (TPSA) is 38.7 Å². The fourth-order valence-electron chi connectivity index (χ4n) is 2.42. The van der Waals surface area contributed by atoms with Gasteiger partial charge in [-0.3, -0.25) is 0 Å². The molecule has 5 heteroatoms. The number of ether oxygens (including phenoxy) is 1. The summed E-state index contributed by atoms with van der Waals surface area (Å²) < 4.78 is 11.2. The van der Waals surface area contributed by atoms with E-state index in [2.05, 4.69) is 26.1 Å². The number of hydrogen-bond donors (Lipinski definition) is 2. The van der Waals surface area contributed by atoms with Crippen molar-refractivity contribution in [2.75, 3.05) is 6.61 Å². The van der Waals surface area contributed by atoms with E-state index in [1.54, 1.807) is 0 Å². The van der Waals surface area contributed by atoms with Gasteiger partial charge in [0.1, 0.15) is 0 Å². The molecule has 3 atom stereocenters. The molecule has 3 nitrogen and oxygen atoms in total. The van der Waals surface area contributed by atoms with E-state index in [-0.39, 0.29) is 6.10 Å². The van der Waals surface area contributed by atoms with Gasteiger partial charge in [-0.05, 0) is 32.1 Å². The average Bonchev–Trinajstić information content (AvgIpc) is 2.35. The van der Waals surface area contributed by atoms with Crippen LogP contribution in [0.3, 0.4) is 0 Å². The van der Waals surface area contributed by atoms with Crippen molar-refractivity contribution in [3.63, 3.8) is 0 Å². The fourth-order valence-corrected chi connectivity index (χ4v) is 2.92. The lowest BCUT2D eigenvalue weighted by molar-refractivity contribution is -0.0579. The number of rotatable bonds is 7. The summed E-state index contributed by atoms with van der Waals surface area (Å²) in [5.41, 5.74) is 0. The van der Waals surface area contributed by atoms with Crippen LogP contribution in [-0.2, 0) is 9.26 Å².